The minimum absolute atomic E-state index is 0.218. The van der Waals surface area contributed by atoms with Gasteiger partial charge in [0.15, 0.2) is 0 Å². The summed E-state index contributed by atoms with van der Waals surface area (Å²) in [7, 11) is -3.51. The maximum Gasteiger partial charge on any atom is 0.240 e. The van der Waals surface area contributed by atoms with E-state index in [1.165, 1.54) is 12.1 Å². The van der Waals surface area contributed by atoms with Gasteiger partial charge in [-0.2, -0.15) is 0 Å². The maximum absolute atomic E-state index is 11.9. The van der Waals surface area contributed by atoms with E-state index in [2.05, 4.69) is 20.7 Å². The van der Waals surface area contributed by atoms with Crippen LogP contribution in [0.2, 0.25) is 0 Å². The van der Waals surface area contributed by atoms with Gasteiger partial charge in [-0.1, -0.05) is 28.1 Å². The van der Waals surface area contributed by atoms with Crippen molar-refractivity contribution in [2.75, 3.05) is 0 Å². The van der Waals surface area contributed by atoms with Crippen LogP contribution in [0.1, 0.15) is 13.3 Å². The maximum atomic E-state index is 11.9. The molecule has 0 aliphatic rings. The molecule has 17 heavy (non-hydrogen) atoms. The third-order valence-corrected chi connectivity index (χ3v) is 4.29. The average molecular weight is 337 g/mol. The molecule has 3 N–H and O–H groups in total. The van der Waals surface area contributed by atoms with Crippen LogP contribution in [0.5, 0.6) is 0 Å². The lowest BCUT2D eigenvalue weighted by Gasteiger charge is -2.13. The van der Waals surface area contributed by atoms with Crippen LogP contribution in [0.25, 0.3) is 0 Å². The molecule has 0 spiro atoms. The molecule has 0 aromatic heterocycles. The number of nitrogens with two attached hydrogens (primary N) is 1. The fourth-order valence-electron chi connectivity index (χ4n) is 1.29. The van der Waals surface area contributed by atoms with E-state index < -0.39 is 10.0 Å². The highest BCUT2D eigenvalue weighted by molar-refractivity contribution is 9.10. The minimum atomic E-state index is -3.51. The second-order valence-electron chi connectivity index (χ2n) is 3.65. The van der Waals surface area contributed by atoms with E-state index in [9.17, 15) is 8.42 Å². The minimum Gasteiger partial charge on any atom is -0.393 e. The highest BCUT2D eigenvalue weighted by atomic mass is 79.9. The molecule has 1 atom stereocenters. The van der Waals surface area contributed by atoms with Crippen LogP contribution < -0.4 is 10.5 Å². The van der Waals surface area contributed by atoms with Crippen LogP contribution >= 0.6 is 28.1 Å². The fraction of sp³-hybridized carbons (Fsp3) is 0.300. The van der Waals surface area contributed by atoms with E-state index >= 15 is 0 Å². The summed E-state index contributed by atoms with van der Waals surface area (Å²) in [4.78, 5) is 0.506. The SMILES string of the molecule is CC(CC(N)=S)NS(=O)(=O)c1ccc(Br)cc1. The van der Waals surface area contributed by atoms with Crippen molar-refractivity contribution < 1.29 is 8.42 Å². The van der Waals surface area contributed by atoms with Gasteiger partial charge < -0.3 is 5.73 Å². The van der Waals surface area contributed by atoms with Gasteiger partial charge in [0.25, 0.3) is 0 Å². The number of rotatable bonds is 5. The quantitative estimate of drug-likeness (QED) is 0.804. The molecule has 0 aliphatic heterocycles. The Kier molecular flexibility index (Phi) is 5.05. The summed E-state index contributed by atoms with van der Waals surface area (Å²) in [5, 5.41) is 0. The van der Waals surface area contributed by atoms with Crippen LogP contribution in [0.3, 0.4) is 0 Å². The van der Waals surface area contributed by atoms with E-state index in [-0.39, 0.29) is 15.9 Å². The molecule has 1 aromatic carbocycles. The Balaban J connectivity index is 2.82. The molecule has 0 saturated heterocycles. The molecule has 0 aliphatic carbocycles. The molecule has 0 radical (unpaired) electrons. The van der Waals surface area contributed by atoms with Gasteiger partial charge in [-0.3, -0.25) is 0 Å². The summed E-state index contributed by atoms with van der Waals surface area (Å²) >= 11 is 7.98. The van der Waals surface area contributed by atoms with Crippen LogP contribution in [-0.2, 0) is 10.0 Å². The predicted octanol–water partition coefficient (Wildman–Crippen LogP) is 1.79. The van der Waals surface area contributed by atoms with Crippen molar-refractivity contribution in [2.45, 2.75) is 24.3 Å². The summed E-state index contributed by atoms with van der Waals surface area (Å²) in [5.74, 6) is 0. The topological polar surface area (TPSA) is 72.2 Å². The fourth-order valence-corrected chi connectivity index (χ4v) is 3.05. The molecule has 7 heteroatoms. The zero-order chi connectivity index (χ0) is 13.1. The Hall–Kier alpha value is -0.500. The van der Waals surface area contributed by atoms with Crippen molar-refractivity contribution >= 4 is 43.2 Å². The van der Waals surface area contributed by atoms with E-state index in [1.807, 2.05) is 0 Å². The molecule has 0 bridgehead atoms. The van der Waals surface area contributed by atoms with Crippen LogP contribution in [0.4, 0.5) is 0 Å². The van der Waals surface area contributed by atoms with Crippen LogP contribution in [0.15, 0.2) is 33.6 Å². The smallest absolute Gasteiger partial charge is 0.240 e. The average Bonchev–Trinajstić information content (AvgIpc) is 2.15. The van der Waals surface area contributed by atoms with E-state index in [0.717, 1.165) is 4.47 Å². The van der Waals surface area contributed by atoms with E-state index in [4.69, 9.17) is 18.0 Å². The molecular formula is C10H13BrN2O2S2. The van der Waals surface area contributed by atoms with Gasteiger partial charge in [-0.15, -0.1) is 0 Å². The zero-order valence-corrected chi connectivity index (χ0v) is 12.4. The summed E-state index contributed by atoms with van der Waals surface area (Å²) < 4.78 is 27.2. The molecule has 94 valence electrons. The number of halogens is 1. The number of sulfonamides is 1. The van der Waals surface area contributed by atoms with Crippen molar-refractivity contribution in [1.82, 2.24) is 4.72 Å². The van der Waals surface area contributed by atoms with Gasteiger partial charge in [0.2, 0.25) is 10.0 Å². The number of thiocarbonyl (C=S) groups is 1. The molecule has 0 saturated carbocycles. The summed E-state index contributed by atoms with van der Waals surface area (Å²) in [5.41, 5.74) is 5.36. The Morgan fingerprint density at radius 1 is 1.47 bits per heavy atom. The lowest BCUT2D eigenvalue weighted by atomic mass is 10.3. The molecule has 0 amide bonds. The zero-order valence-electron chi connectivity index (χ0n) is 9.18. The molecule has 1 rings (SSSR count). The Bertz CT molecular complexity index is 500. The van der Waals surface area contributed by atoms with Crippen molar-refractivity contribution in [1.29, 1.82) is 0 Å². The number of benzene rings is 1. The van der Waals surface area contributed by atoms with Crippen molar-refractivity contribution in [3.8, 4) is 0 Å². The van der Waals surface area contributed by atoms with Gasteiger partial charge in [0.05, 0.1) is 9.88 Å². The summed E-state index contributed by atoms with van der Waals surface area (Å²) in [6.45, 7) is 1.72. The Morgan fingerprint density at radius 3 is 2.47 bits per heavy atom. The number of hydrogen-bond acceptors (Lipinski definition) is 3. The van der Waals surface area contributed by atoms with Gasteiger partial charge in [-0.05, 0) is 31.2 Å². The monoisotopic (exact) mass is 336 g/mol. The Labute approximate surface area is 115 Å². The van der Waals surface area contributed by atoms with Gasteiger partial charge >= 0.3 is 0 Å². The highest BCUT2D eigenvalue weighted by Gasteiger charge is 2.17. The first kappa shape index (κ1) is 14.6. The molecule has 0 heterocycles. The lowest BCUT2D eigenvalue weighted by Crippen LogP contribution is -2.35. The second kappa shape index (κ2) is 5.90. The molecule has 1 unspecified atom stereocenters. The van der Waals surface area contributed by atoms with Crippen molar-refractivity contribution in [3.05, 3.63) is 28.7 Å². The first-order valence-electron chi connectivity index (χ1n) is 4.87. The highest BCUT2D eigenvalue weighted by Crippen LogP contribution is 2.15. The summed E-state index contributed by atoms with van der Waals surface area (Å²) in [6.07, 6.45) is 0.338. The standard InChI is InChI=1S/C10H13BrN2O2S2/c1-7(6-10(12)16)13-17(14,15)9-4-2-8(11)3-5-9/h2-5,7,13H,6H2,1H3,(H2,12,16). The normalized spacial score (nSPS) is 13.3. The van der Waals surface area contributed by atoms with Crippen LogP contribution in [0, 0.1) is 0 Å². The molecular weight excluding hydrogens is 324 g/mol. The van der Waals surface area contributed by atoms with Crippen molar-refractivity contribution in [3.63, 3.8) is 0 Å². The van der Waals surface area contributed by atoms with Gasteiger partial charge in [-0.25, -0.2) is 13.1 Å². The number of nitrogens with one attached hydrogen (secondary N) is 1. The third-order valence-electron chi connectivity index (χ3n) is 1.99. The molecule has 0 fully saturated rings. The third kappa shape index (κ3) is 4.71. The lowest BCUT2D eigenvalue weighted by molar-refractivity contribution is 0.565. The van der Waals surface area contributed by atoms with Gasteiger partial charge in [0.1, 0.15) is 0 Å². The molecule has 4 nitrogen and oxygen atoms in total. The summed E-state index contributed by atoms with van der Waals surface area (Å²) in [6, 6.07) is 6.08. The van der Waals surface area contributed by atoms with Crippen LogP contribution in [-0.4, -0.2) is 19.4 Å². The Morgan fingerprint density at radius 2 is 2.00 bits per heavy atom. The second-order valence-corrected chi connectivity index (χ2v) is 6.80. The number of hydrogen-bond donors (Lipinski definition) is 2. The first-order valence-corrected chi connectivity index (χ1v) is 7.56. The predicted molar refractivity (Wildman–Crippen MR) is 75.3 cm³/mol. The van der Waals surface area contributed by atoms with E-state index in [1.54, 1.807) is 19.1 Å². The first-order chi connectivity index (χ1) is 7.81. The van der Waals surface area contributed by atoms with Gasteiger partial charge in [0, 0.05) is 16.9 Å². The van der Waals surface area contributed by atoms with Crippen molar-refractivity contribution in [2.24, 2.45) is 5.73 Å². The van der Waals surface area contributed by atoms with E-state index in [0.29, 0.717) is 6.42 Å². The largest absolute Gasteiger partial charge is 0.393 e. The molecule has 1 aromatic rings.